The van der Waals surface area contributed by atoms with Gasteiger partial charge in [0.1, 0.15) is 11.9 Å². The van der Waals surface area contributed by atoms with E-state index >= 15 is 0 Å². The van der Waals surface area contributed by atoms with Gasteiger partial charge in [0.25, 0.3) is 5.91 Å². The van der Waals surface area contributed by atoms with Gasteiger partial charge in [-0.25, -0.2) is 0 Å². The summed E-state index contributed by atoms with van der Waals surface area (Å²) in [7, 11) is 0. The molecule has 1 aliphatic heterocycles. The number of rotatable bonds is 4. The summed E-state index contributed by atoms with van der Waals surface area (Å²) in [5.74, 6) is 0.306. The van der Waals surface area contributed by atoms with E-state index in [4.69, 9.17) is 32.7 Å². The Morgan fingerprint density at radius 2 is 2.00 bits per heavy atom. The Hall–Kier alpha value is -1.75. The number of benzene rings is 2. The van der Waals surface area contributed by atoms with Crippen LogP contribution in [-0.4, -0.2) is 37.1 Å². The highest BCUT2D eigenvalue weighted by atomic mass is 35.5. The van der Waals surface area contributed by atoms with Crippen LogP contribution in [0.2, 0.25) is 10.0 Å². The minimum atomic E-state index is -0.112. The van der Waals surface area contributed by atoms with E-state index in [1.807, 2.05) is 30.3 Å². The van der Waals surface area contributed by atoms with Gasteiger partial charge in [-0.05, 0) is 17.7 Å². The molecule has 0 N–H and O–H groups in total. The topological polar surface area (TPSA) is 38.8 Å². The van der Waals surface area contributed by atoms with Crippen molar-refractivity contribution in [3.05, 3.63) is 64.1 Å². The van der Waals surface area contributed by atoms with Crippen LogP contribution in [-0.2, 0) is 9.53 Å². The number of carbonyl (C=O) groups is 1. The fourth-order valence-electron chi connectivity index (χ4n) is 2.56. The van der Waals surface area contributed by atoms with Crippen LogP contribution >= 0.6 is 23.2 Å². The predicted molar refractivity (Wildman–Crippen MR) is 93.7 cm³/mol. The van der Waals surface area contributed by atoms with E-state index in [0.717, 1.165) is 5.56 Å². The number of hydrogen-bond acceptors (Lipinski definition) is 3. The summed E-state index contributed by atoms with van der Waals surface area (Å²) in [6.45, 7) is 1.48. The van der Waals surface area contributed by atoms with Crippen LogP contribution < -0.4 is 4.74 Å². The first kappa shape index (κ1) is 17.1. The standard InChI is InChI=1S/C18H17Cl2NO3/c19-14-6-7-15(20)16(10-14)24-12-18(22)21-8-9-23-17(11-21)13-4-2-1-3-5-13/h1-7,10,17H,8-9,11-12H2/t17-/m0/s1. The Kier molecular flexibility index (Phi) is 5.61. The average molecular weight is 366 g/mol. The van der Waals surface area contributed by atoms with Crippen molar-refractivity contribution >= 4 is 29.1 Å². The summed E-state index contributed by atoms with van der Waals surface area (Å²) in [6, 6.07) is 14.8. The summed E-state index contributed by atoms with van der Waals surface area (Å²) in [4.78, 5) is 14.2. The molecule has 0 bridgehead atoms. The maximum atomic E-state index is 12.4. The second-order valence-corrected chi connectivity index (χ2v) is 6.32. The molecule has 0 aliphatic carbocycles. The maximum Gasteiger partial charge on any atom is 0.260 e. The zero-order valence-corrected chi connectivity index (χ0v) is 14.5. The minimum Gasteiger partial charge on any atom is -0.482 e. The van der Waals surface area contributed by atoms with Crippen LogP contribution in [0.4, 0.5) is 0 Å². The molecule has 0 saturated carbocycles. The molecule has 0 radical (unpaired) electrons. The van der Waals surface area contributed by atoms with Gasteiger partial charge in [-0.15, -0.1) is 0 Å². The van der Waals surface area contributed by atoms with E-state index in [2.05, 4.69) is 0 Å². The van der Waals surface area contributed by atoms with Crippen molar-refractivity contribution in [2.45, 2.75) is 6.10 Å². The summed E-state index contributed by atoms with van der Waals surface area (Å²) >= 11 is 12.0. The molecule has 0 spiro atoms. The second-order valence-electron chi connectivity index (χ2n) is 5.47. The van der Waals surface area contributed by atoms with Crippen LogP contribution in [0.3, 0.4) is 0 Å². The van der Waals surface area contributed by atoms with E-state index < -0.39 is 0 Å². The van der Waals surface area contributed by atoms with E-state index in [1.165, 1.54) is 0 Å². The number of ether oxygens (including phenoxy) is 2. The maximum absolute atomic E-state index is 12.4. The monoisotopic (exact) mass is 365 g/mol. The molecule has 1 saturated heterocycles. The van der Waals surface area contributed by atoms with Gasteiger partial charge in [0.15, 0.2) is 6.61 Å². The molecular formula is C18H17Cl2NO3. The van der Waals surface area contributed by atoms with Crippen LogP contribution in [0.15, 0.2) is 48.5 Å². The lowest BCUT2D eigenvalue weighted by atomic mass is 10.1. The SMILES string of the molecule is O=C(COc1cc(Cl)ccc1Cl)N1CCO[C@H](c2ccccc2)C1. The highest BCUT2D eigenvalue weighted by molar-refractivity contribution is 6.34. The van der Waals surface area contributed by atoms with Gasteiger partial charge in [-0.2, -0.15) is 0 Å². The molecule has 1 amide bonds. The molecule has 4 nitrogen and oxygen atoms in total. The third kappa shape index (κ3) is 4.20. The minimum absolute atomic E-state index is 0.0818. The summed E-state index contributed by atoms with van der Waals surface area (Å²) < 4.78 is 11.3. The quantitative estimate of drug-likeness (QED) is 0.822. The summed E-state index contributed by atoms with van der Waals surface area (Å²) in [6.07, 6.45) is -0.112. The molecule has 1 atom stereocenters. The van der Waals surface area contributed by atoms with Crippen LogP contribution in [0.25, 0.3) is 0 Å². The molecule has 1 aliphatic rings. The first-order valence-electron chi connectivity index (χ1n) is 7.65. The molecular weight excluding hydrogens is 349 g/mol. The van der Waals surface area contributed by atoms with Crippen molar-refractivity contribution in [2.24, 2.45) is 0 Å². The molecule has 1 fully saturated rings. The number of morpholine rings is 1. The second kappa shape index (κ2) is 7.88. The van der Waals surface area contributed by atoms with Gasteiger partial charge in [-0.1, -0.05) is 53.5 Å². The van der Waals surface area contributed by atoms with Crippen molar-refractivity contribution in [1.82, 2.24) is 4.90 Å². The third-order valence-corrected chi connectivity index (χ3v) is 4.38. The van der Waals surface area contributed by atoms with Crippen molar-refractivity contribution < 1.29 is 14.3 Å². The molecule has 2 aromatic carbocycles. The fourth-order valence-corrected chi connectivity index (χ4v) is 2.90. The molecule has 2 aromatic rings. The first-order chi connectivity index (χ1) is 11.6. The Bertz CT molecular complexity index is 709. The van der Waals surface area contributed by atoms with Crippen molar-refractivity contribution in [3.8, 4) is 5.75 Å². The Labute approximate surface area is 150 Å². The van der Waals surface area contributed by atoms with Crippen LogP contribution in [0.5, 0.6) is 5.75 Å². The molecule has 126 valence electrons. The van der Waals surface area contributed by atoms with Gasteiger partial charge in [0.2, 0.25) is 0 Å². The van der Waals surface area contributed by atoms with Gasteiger partial charge in [-0.3, -0.25) is 4.79 Å². The number of carbonyl (C=O) groups excluding carboxylic acids is 1. The van der Waals surface area contributed by atoms with Crippen LogP contribution in [0.1, 0.15) is 11.7 Å². The van der Waals surface area contributed by atoms with Gasteiger partial charge in [0, 0.05) is 17.6 Å². The Morgan fingerprint density at radius 1 is 1.21 bits per heavy atom. The fraction of sp³-hybridized carbons (Fsp3) is 0.278. The predicted octanol–water partition coefficient (Wildman–Crippen LogP) is 3.97. The largest absolute Gasteiger partial charge is 0.482 e. The zero-order valence-electron chi connectivity index (χ0n) is 13.0. The lowest BCUT2D eigenvalue weighted by molar-refractivity contribution is -0.141. The zero-order chi connectivity index (χ0) is 16.9. The van der Waals surface area contributed by atoms with Gasteiger partial charge >= 0.3 is 0 Å². The summed E-state index contributed by atoms with van der Waals surface area (Å²) in [5.41, 5.74) is 1.06. The number of nitrogens with zero attached hydrogens (tertiary/aromatic N) is 1. The third-order valence-electron chi connectivity index (χ3n) is 3.83. The molecule has 6 heteroatoms. The smallest absolute Gasteiger partial charge is 0.260 e. The number of hydrogen-bond donors (Lipinski definition) is 0. The molecule has 0 aromatic heterocycles. The highest BCUT2D eigenvalue weighted by Crippen LogP contribution is 2.28. The number of amides is 1. The highest BCUT2D eigenvalue weighted by Gasteiger charge is 2.25. The number of halogens is 2. The molecule has 1 heterocycles. The van der Waals surface area contributed by atoms with Gasteiger partial charge < -0.3 is 14.4 Å². The Morgan fingerprint density at radius 3 is 2.79 bits per heavy atom. The lowest BCUT2D eigenvalue weighted by Gasteiger charge is -2.33. The summed E-state index contributed by atoms with van der Waals surface area (Å²) in [5, 5.41) is 0.939. The van der Waals surface area contributed by atoms with E-state index in [0.29, 0.717) is 35.5 Å². The van der Waals surface area contributed by atoms with Crippen LogP contribution in [0, 0.1) is 0 Å². The Balaban J connectivity index is 1.59. The van der Waals surface area contributed by atoms with Crippen molar-refractivity contribution in [2.75, 3.05) is 26.3 Å². The van der Waals surface area contributed by atoms with E-state index in [9.17, 15) is 4.79 Å². The van der Waals surface area contributed by atoms with Crippen molar-refractivity contribution in [1.29, 1.82) is 0 Å². The van der Waals surface area contributed by atoms with E-state index in [1.54, 1.807) is 23.1 Å². The molecule has 0 unspecified atom stereocenters. The van der Waals surface area contributed by atoms with E-state index in [-0.39, 0.29) is 18.6 Å². The van der Waals surface area contributed by atoms with Gasteiger partial charge in [0.05, 0.1) is 18.2 Å². The molecule has 3 rings (SSSR count). The molecule has 24 heavy (non-hydrogen) atoms. The van der Waals surface area contributed by atoms with Crippen molar-refractivity contribution in [3.63, 3.8) is 0 Å². The average Bonchev–Trinajstić information content (AvgIpc) is 2.63. The lowest BCUT2D eigenvalue weighted by Crippen LogP contribution is -2.44. The first-order valence-corrected chi connectivity index (χ1v) is 8.41. The normalized spacial score (nSPS) is 17.6.